The van der Waals surface area contributed by atoms with Crippen LogP contribution in [0.15, 0.2) is 6.20 Å². The molecular weight excluding hydrogens is 366 g/mol. The van der Waals surface area contributed by atoms with Crippen molar-refractivity contribution in [3.63, 3.8) is 0 Å². The van der Waals surface area contributed by atoms with Crippen LogP contribution in [0, 0.1) is 17.0 Å². The van der Waals surface area contributed by atoms with Crippen molar-refractivity contribution in [3.8, 4) is 0 Å². The summed E-state index contributed by atoms with van der Waals surface area (Å²) < 4.78 is 10.2. The Labute approximate surface area is 175 Å². The molecule has 0 aliphatic carbocycles. The summed E-state index contributed by atoms with van der Waals surface area (Å²) in [4.78, 5) is 35.3. The number of alkyl halides is 1. The van der Waals surface area contributed by atoms with Crippen LogP contribution in [-0.4, -0.2) is 111 Å². The molecule has 1 aromatic heterocycles. The molecule has 0 radical (unpaired) electrons. The first-order chi connectivity index (χ1) is 8.56. The minimum atomic E-state index is -4.64. The quantitative estimate of drug-likeness (QED) is 0.146. The number of imidazole rings is 1. The Hall–Kier alpha value is 0.930. The molecule has 0 saturated carbocycles. The van der Waals surface area contributed by atoms with Crippen molar-refractivity contribution in [1.29, 1.82) is 0 Å². The van der Waals surface area contributed by atoms with Gasteiger partial charge in [0.15, 0.2) is 5.82 Å². The molecule has 0 aromatic carbocycles. The molecule has 0 fully saturated rings. The summed E-state index contributed by atoms with van der Waals surface area (Å²) >= 11 is 5.40. The molecule has 122 valence electrons. The van der Waals surface area contributed by atoms with Gasteiger partial charge >= 0.3 is 72.8 Å². The van der Waals surface area contributed by atoms with Crippen LogP contribution in [-0.2, 0) is 11.1 Å². The van der Waals surface area contributed by atoms with Gasteiger partial charge in [0.05, 0.1) is 5.88 Å². The van der Waals surface area contributed by atoms with Crippen molar-refractivity contribution in [2.24, 2.45) is 0 Å². The molecular formula is C7H17ClN3Na2O8P. The van der Waals surface area contributed by atoms with Gasteiger partial charge in [-0.25, -0.2) is 14.1 Å². The van der Waals surface area contributed by atoms with Crippen molar-refractivity contribution in [1.82, 2.24) is 9.55 Å². The Morgan fingerprint density at radius 1 is 1.45 bits per heavy atom. The minimum absolute atomic E-state index is 0. The van der Waals surface area contributed by atoms with E-state index in [1.807, 2.05) is 0 Å². The molecule has 0 bridgehead atoms. The van der Waals surface area contributed by atoms with Gasteiger partial charge in [-0.05, 0) is 4.92 Å². The second-order valence-corrected chi connectivity index (χ2v) is 4.69. The molecule has 15 heteroatoms. The van der Waals surface area contributed by atoms with Gasteiger partial charge in [0.25, 0.3) is 0 Å². The summed E-state index contributed by atoms with van der Waals surface area (Å²) in [7, 11) is -4.64. The monoisotopic (exact) mass is 383 g/mol. The molecule has 1 atom stereocenters. The third kappa shape index (κ3) is 14.5. The number of phosphoric acid groups is 1. The van der Waals surface area contributed by atoms with E-state index < -0.39 is 18.8 Å². The second-order valence-electron chi connectivity index (χ2n) is 3.35. The van der Waals surface area contributed by atoms with E-state index in [1.54, 1.807) is 6.92 Å². The number of hydrogen-bond acceptors (Lipinski definition) is 5. The van der Waals surface area contributed by atoms with Gasteiger partial charge < -0.3 is 35.4 Å². The molecule has 0 saturated heterocycles. The number of nitrogens with zero attached hydrogens (tertiary/aromatic N) is 3. The van der Waals surface area contributed by atoms with Gasteiger partial charge in [0.2, 0.25) is 0 Å². The van der Waals surface area contributed by atoms with E-state index in [9.17, 15) is 15.2 Å². The van der Waals surface area contributed by atoms with Crippen LogP contribution in [0.3, 0.4) is 0 Å². The molecule has 0 aliphatic rings. The summed E-state index contributed by atoms with van der Waals surface area (Å²) in [5, 5.41) is 19.8. The summed E-state index contributed by atoms with van der Waals surface area (Å²) in [6.07, 6.45) is 0.360. The fourth-order valence-corrected chi connectivity index (χ4v) is 1.18. The van der Waals surface area contributed by atoms with Crippen LogP contribution in [0.25, 0.3) is 0 Å². The Bertz CT molecular complexity index is 476. The number of aliphatic hydroxyl groups excluding tert-OH is 1. The molecule has 0 aliphatic heterocycles. The summed E-state index contributed by atoms with van der Waals surface area (Å²) in [5.74, 6) is 0.391. The summed E-state index contributed by atoms with van der Waals surface area (Å²) in [6.45, 7) is 1.72. The Balaban J connectivity index is -0.000000179. The molecule has 6 N–H and O–H groups in total. The third-order valence-corrected chi connectivity index (χ3v) is 2.15. The van der Waals surface area contributed by atoms with E-state index in [1.165, 1.54) is 4.57 Å². The number of hydrogen-bond donors (Lipinski definition) is 4. The third-order valence-electron chi connectivity index (χ3n) is 1.79. The van der Waals surface area contributed by atoms with Crippen molar-refractivity contribution >= 4 is 84.4 Å². The summed E-state index contributed by atoms with van der Waals surface area (Å²) in [6, 6.07) is 0. The Morgan fingerprint density at radius 2 is 1.86 bits per heavy atom. The SMILES string of the molecule is Cc1ncc([N+](=O)[O-])n1CC(O)CCl.O.O=P(O)(O)O.[NaH].[NaH]. The van der Waals surface area contributed by atoms with Gasteiger partial charge in [-0.15, -0.1) is 11.6 Å². The fraction of sp³-hybridized carbons (Fsp3) is 0.571. The summed E-state index contributed by atoms with van der Waals surface area (Å²) in [5.41, 5.74) is 0. The first-order valence-corrected chi connectivity index (χ1v) is 6.85. The van der Waals surface area contributed by atoms with Crippen LogP contribution in [0.1, 0.15) is 5.82 Å². The molecule has 1 aromatic rings. The van der Waals surface area contributed by atoms with Crippen LogP contribution in [0.5, 0.6) is 0 Å². The maximum atomic E-state index is 10.5. The van der Waals surface area contributed by atoms with E-state index in [4.69, 9.17) is 30.8 Å². The average Bonchev–Trinajstić information content (AvgIpc) is 2.58. The first kappa shape index (κ1) is 30.8. The van der Waals surface area contributed by atoms with Crippen molar-refractivity contribution in [2.75, 3.05) is 5.88 Å². The molecule has 1 unspecified atom stereocenters. The molecule has 1 heterocycles. The van der Waals surface area contributed by atoms with E-state index in [0.29, 0.717) is 5.82 Å². The van der Waals surface area contributed by atoms with E-state index in [-0.39, 0.29) is 82.8 Å². The number of aliphatic hydroxyl groups is 1. The zero-order valence-corrected chi connectivity index (χ0v) is 11.9. The first-order valence-electron chi connectivity index (χ1n) is 4.75. The van der Waals surface area contributed by atoms with Crippen LogP contribution >= 0.6 is 19.4 Å². The number of rotatable bonds is 4. The Kier molecular flexibility index (Phi) is 20.0. The van der Waals surface area contributed by atoms with Crippen molar-refractivity contribution < 1.29 is 34.8 Å². The molecule has 1 rings (SSSR count). The fourth-order valence-electron chi connectivity index (χ4n) is 1.09. The standard InChI is InChI=1S/C7H10ClN3O3.2Na.H3O4P.H2O.2H/c1-5-9-3-7(11(13)14)10(5)4-6(12)2-8;;;1-5(2,3)4;;;/h3,6,12H,2,4H2,1H3;;;(H3,1,2,3,4);1H2;;. The van der Waals surface area contributed by atoms with Crippen LogP contribution in [0.4, 0.5) is 5.82 Å². The number of halogens is 1. The Morgan fingerprint density at radius 3 is 2.18 bits per heavy atom. The van der Waals surface area contributed by atoms with Gasteiger partial charge in [-0.1, -0.05) is 0 Å². The molecule has 22 heavy (non-hydrogen) atoms. The van der Waals surface area contributed by atoms with Crippen LogP contribution < -0.4 is 0 Å². The molecule has 0 amide bonds. The zero-order chi connectivity index (χ0) is 15.2. The van der Waals surface area contributed by atoms with E-state index >= 15 is 0 Å². The van der Waals surface area contributed by atoms with E-state index in [0.717, 1.165) is 6.20 Å². The second kappa shape index (κ2) is 14.3. The van der Waals surface area contributed by atoms with Gasteiger partial charge in [0.1, 0.15) is 18.8 Å². The normalized spacial score (nSPS) is 10.8. The molecule has 0 spiro atoms. The number of aryl methyl sites for hydroxylation is 1. The predicted octanol–water partition coefficient (Wildman–Crippen LogP) is -2.35. The van der Waals surface area contributed by atoms with Gasteiger partial charge in [-0.3, -0.25) is 0 Å². The predicted molar refractivity (Wildman–Crippen MR) is 82.5 cm³/mol. The maximum absolute atomic E-state index is 10.5. The topological polar surface area (TPSA) is 190 Å². The van der Waals surface area contributed by atoms with Crippen molar-refractivity contribution in [3.05, 3.63) is 22.1 Å². The van der Waals surface area contributed by atoms with Crippen LogP contribution in [0.2, 0.25) is 0 Å². The molecule has 11 nitrogen and oxygen atoms in total. The van der Waals surface area contributed by atoms with E-state index in [2.05, 4.69) is 4.98 Å². The van der Waals surface area contributed by atoms with Gasteiger partial charge in [0, 0.05) is 6.92 Å². The number of aromatic nitrogens is 2. The van der Waals surface area contributed by atoms with Gasteiger partial charge in [-0.2, -0.15) is 0 Å². The average molecular weight is 384 g/mol. The van der Waals surface area contributed by atoms with Crippen molar-refractivity contribution in [2.45, 2.75) is 19.6 Å². The zero-order valence-electron chi connectivity index (χ0n) is 10.2. The number of nitro groups is 1.